The van der Waals surface area contributed by atoms with Crippen molar-refractivity contribution >= 4 is 16.7 Å². The molecule has 6 heteroatoms. The lowest BCUT2D eigenvalue weighted by Gasteiger charge is -2.27. The van der Waals surface area contributed by atoms with Crippen LogP contribution in [0.5, 0.6) is 5.75 Å². The van der Waals surface area contributed by atoms with Gasteiger partial charge in [-0.05, 0) is 84.0 Å². The summed E-state index contributed by atoms with van der Waals surface area (Å²) < 4.78 is 6.01. The third kappa shape index (κ3) is 5.97. The zero-order chi connectivity index (χ0) is 26.6. The molecule has 1 atom stereocenters. The van der Waals surface area contributed by atoms with Gasteiger partial charge in [0.05, 0.1) is 23.8 Å². The lowest BCUT2D eigenvalue weighted by atomic mass is 9.87. The molecule has 0 spiro atoms. The van der Waals surface area contributed by atoms with E-state index in [1.54, 1.807) is 30.3 Å². The molecule has 4 aromatic carbocycles. The predicted molar refractivity (Wildman–Crippen MR) is 145 cm³/mol. The second-order valence-electron chi connectivity index (χ2n) is 9.79. The van der Waals surface area contributed by atoms with E-state index < -0.39 is 17.6 Å². The van der Waals surface area contributed by atoms with Crippen LogP contribution in [0.1, 0.15) is 53.4 Å². The van der Waals surface area contributed by atoms with Gasteiger partial charge in [0.2, 0.25) is 0 Å². The van der Waals surface area contributed by atoms with Gasteiger partial charge in [-0.15, -0.1) is 0 Å². The normalized spacial score (nSPS) is 12.2. The molecule has 0 radical (unpaired) electrons. The van der Waals surface area contributed by atoms with E-state index >= 15 is 0 Å². The fourth-order valence-corrected chi connectivity index (χ4v) is 4.35. The Bertz CT molecular complexity index is 1460. The van der Waals surface area contributed by atoms with Gasteiger partial charge in [-0.3, -0.25) is 0 Å². The van der Waals surface area contributed by atoms with Gasteiger partial charge in [-0.25, -0.2) is 4.79 Å². The quantitative estimate of drug-likeness (QED) is 0.251. The van der Waals surface area contributed by atoms with Crippen LogP contribution >= 0.6 is 0 Å². The van der Waals surface area contributed by atoms with Gasteiger partial charge in [-0.2, -0.15) is 5.26 Å². The Morgan fingerprint density at radius 2 is 1.73 bits per heavy atom. The average Bonchev–Trinajstić information content (AvgIpc) is 2.89. The van der Waals surface area contributed by atoms with Crippen molar-refractivity contribution in [3.05, 3.63) is 101 Å². The van der Waals surface area contributed by atoms with Gasteiger partial charge in [0.15, 0.2) is 0 Å². The van der Waals surface area contributed by atoms with Crippen LogP contribution in [0.15, 0.2) is 78.9 Å². The van der Waals surface area contributed by atoms with Crippen LogP contribution in [-0.4, -0.2) is 28.3 Å². The molecule has 4 rings (SSSR count). The third-order valence-electron chi connectivity index (χ3n) is 6.39. The summed E-state index contributed by atoms with van der Waals surface area (Å²) in [6.45, 7) is 4.03. The van der Waals surface area contributed by atoms with Crippen molar-refractivity contribution in [3.63, 3.8) is 0 Å². The summed E-state index contributed by atoms with van der Waals surface area (Å²) >= 11 is 0. The fraction of sp³-hybridized carbons (Fsp3) is 0.226. The molecule has 0 aliphatic rings. The molecule has 4 N–H and O–H groups in total. The van der Waals surface area contributed by atoms with E-state index in [1.165, 1.54) is 0 Å². The highest BCUT2D eigenvalue weighted by Gasteiger charge is 2.26. The molecule has 0 aromatic heterocycles. The molecule has 0 aliphatic carbocycles. The van der Waals surface area contributed by atoms with Crippen molar-refractivity contribution in [2.24, 2.45) is 5.73 Å². The predicted octanol–water partition coefficient (Wildman–Crippen LogP) is 5.86. The zero-order valence-corrected chi connectivity index (χ0v) is 20.9. The Morgan fingerprint density at radius 3 is 2.41 bits per heavy atom. The summed E-state index contributed by atoms with van der Waals surface area (Å²) in [6.07, 6.45) is 0.634. The molecule has 0 unspecified atom stereocenters. The molecular weight excluding hydrogens is 464 g/mol. The topological polar surface area (TPSA) is 117 Å². The fourth-order valence-electron chi connectivity index (χ4n) is 4.35. The molecule has 37 heavy (non-hydrogen) atoms. The van der Waals surface area contributed by atoms with Crippen LogP contribution in [0.3, 0.4) is 0 Å². The van der Waals surface area contributed by atoms with Crippen LogP contribution in [0.2, 0.25) is 0 Å². The number of nitriles is 1. The number of aromatic carboxylic acids is 1. The SMILES string of the molecule is CC(C)(N)[C@H](O)c1cc(CCCOc2cc(-c3ccc(C(=O)O)cc3)ccc2C#N)cc2ccccc12. The summed E-state index contributed by atoms with van der Waals surface area (Å²) in [7, 11) is 0. The minimum Gasteiger partial charge on any atom is -0.492 e. The highest BCUT2D eigenvalue weighted by molar-refractivity contribution is 5.88. The standard InChI is InChI=1S/C31H30N2O4/c1-31(2,33)29(34)27-17-20(16-24-7-3-4-8-26(24)27)6-5-15-37-28-18-23(13-14-25(28)19-32)21-9-11-22(12-10-21)30(35)36/h3-4,7-14,16-18,29,34H,5-6,15,33H2,1-2H3,(H,35,36)/t29-/m1/s1. The van der Waals surface area contributed by atoms with Crippen molar-refractivity contribution in [3.8, 4) is 22.9 Å². The van der Waals surface area contributed by atoms with Crippen LogP contribution in [-0.2, 0) is 6.42 Å². The molecule has 0 saturated carbocycles. The van der Waals surface area contributed by atoms with Gasteiger partial charge in [0.25, 0.3) is 0 Å². The average molecular weight is 495 g/mol. The number of carboxylic acid groups (broad SMARTS) is 1. The van der Waals surface area contributed by atoms with Gasteiger partial charge >= 0.3 is 5.97 Å². The first-order valence-electron chi connectivity index (χ1n) is 12.2. The van der Waals surface area contributed by atoms with E-state index in [0.29, 0.717) is 24.3 Å². The maximum atomic E-state index is 11.1. The minimum atomic E-state index is -0.977. The number of rotatable bonds is 9. The summed E-state index contributed by atoms with van der Waals surface area (Å²) in [5.41, 5.74) is 9.66. The highest BCUT2D eigenvalue weighted by Crippen LogP contribution is 2.32. The second-order valence-corrected chi connectivity index (χ2v) is 9.79. The van der Waals surface area contributed by atoms with Gasteiger partial charge in [-0.1, -0.05) is 54.6 Å². The van der Waals surface area contributed by atoms with Crippen LogP contribution in [0, 0.1) is 11.3 Å². The van der Waals surface area contributed by atoms with Crippen molar-refractivity contribution < 1.29 is 19.7 Å². The van der Waals surface area contributed by atoms with Crippen molar-refractivity contribution in [1.29, 1.82) is 5.26 Å². The number of hydrogen-bond acceptors (Lipinski definition) is 5. The number of benzene rings is 4. The van der Waals surface area contributed by atoms with Crippen LogP contribution in [0.25, 0.3) is 21.9 Å². The third-order valence-corrected chi connectivity index (χ3v) is 6.39. The number of ether oxygens (including phenoxy) is 1. The van der Waals surface area contributed by atoms with Gasteiger partial charge in [0, 0.05) is 5.54 Å². The number of aliphatic hydroxyl groups is 1. The van der Waals surface area contributed by atoms with Crippen LogP contribution in [0.4, 0.5) is 0 Å². The molecule has 0 amide bonds. The van der Waals surface area contributed by atoms with Crippen molar-refractivity contribution in [1.82, 2.24) is 0 Å². The summed E-state index contributed by atoms with van der Waals surface area (Å²) in [5, 5.41) is 31.6. The van der Waals surface area contributed by atoms with E-state index in [-0.39, 0.29) is 5.56 Å². The number of carboxylic acids is 1. The van der Waals surface area contributed by atoms with Gasteiger partial charge < -0.3 is 20.7 Å². The maximum Gasteiger partial charge on any atom is 0.335 e. The molecule has 188 valence electrons. The monoisotopic (exact) mass is 494 g/mol. The molecule has 0 saturated heterocycles. The first-order chi connectivity index (χ1) is 17.7. The lowest BCUT2D eigenvalue weighted by Crippen LogP contribution is -2.39. The number of aliphatic hydroxyl groups excluding tert-OH is 1. The Morgan fingerprint density at radius 1 is 1.03 bits per heavy atom. The molecular formula is C31H30N2O4. The summed E-state index contributed by atoms with van der Waals surface area (Å²) in [4.78, 5) is 11.1. The molecule has 0 bridgehead atoms. The number of hydrogen-bond donors (Lipinski definition) is 3. The molecule has 0 heterocycles. The Labute approximate surface area is 216 Å². The highest BCUT2D eigenvalue weighted by atomic mass is 16.5. The number of fused-ring (bicyclic) bond motifs is 1. The van der Waals surface area contributed by atoms with E-state index in [9.17, 15) is 15.2 Å². The second kappa shape index (κ2) is 10.8. The number of nitrogens with two attached hydrogens (primary N) is 1. The van der Waals surface area contributed by atoms with Crippen LogP contribution < -0.4 is 10.5 Å². The molecule has 0 aliphatic heterocycles. The molecule has 6 nitrogen and oxygen atoms in total. The van der Waals surface area contributed by atoms with E-state index in [2.05, 4.69) is 12.1 Å². The van der Waals surface area contributed by atoms with E-state index in [1.807, 2.05) is 56.3 Å². The summed E-state index contributed by atoms with van der Waals surface area (Å²) in [6, 6.07) is 26.2. The van der Waals surface area contributed by atoms with E-state index in [0.717, 1.165) is 39.4 Å². The van der Waals surface area contributed by atoms with Crippen molar-refractivity contribution in [2.45, 2.75) is 38.3 Å². The Kier molecular flexibility index (Phi) is 7.58. The number of carbonyl (C=O) groups is 1. The maximum absolute atomic E-state index is 11.1. The Hall–Kier alpha value is -4.18. The number of nitrogens with zero attached hydrogens (tertiary/aromatic N) is 1. The minimum absolute atomic E-state index is 0.216. The Balaban J connectivity index is 1.49. The molecule has 0 fully saturated rings. The van der Waals surface area contributed by atoms with Crippen molar-refractivity contribution in [2.75, 3.05) is 6.61 Å². The summed E-state index contributed by atoms with van der Waals surface area (Å²) in [5.74, 6) is -0.489. The zero-order valence-electron chi connectivity index (χ0n) is 20.9. The lowest BCUT2D eigenvalue weighted by molar-refractivity contribution is 0.0697. The smallest absolute Gasteiger partial charge is 0.335 e. The molecule has 4 aromatic rings. The first-order valence-corrected chi connectivity index (χ1v) is 12.2. The number of aryl methyl sites for hydroxylation is 1. The van der Waals surface area contributed by atoms with E-state index in [4.69, 9.17) is 15.6 Å². The first kappa shape index (κ1) is 25.9. The van der Waals surface area contributed by atoms with Gasteiger partial charge in [0.1, 0.15) is 11.8 Å². The largest absolute Gasteiger partial charge is 0.492 e.